The highest BCUT2D eigenvalue weighted by Crippen LogP contribution is 2.28. The van der Waals surface area contributed by atoms with E-state index in [1.807, 2.05) is 25.1 Å². The fourth-order valence-corrected chi connectivity index (χ4v) is 3.33. The Labute approximate surface area is 145 Å². The molecule has 126 valence electrons. The van der Waals surface area contributed by atoms with Gasteiger partial charge < -0.3 is 9.15 Å². The maximum atomic E-state index is 12.2. The number of carbonyl (C=O) groups is 1. The van der Waals surface area contributed by atoms with Crippen LogP contribution < -0.4 is 5.63 Å². The zero-order valence-corrected chi connectivity index (χ0v) is 14.0. The molecule has 0 atom stereocenters. The van der Waals surface area contributed by atoms with Crippen LogP contribution in [0.5, 0.6) is 0 Å². The molecule has 4 heteroatoms. The summed E-state index contributed by atoms with van der Waals surface area (Å²) in [5.41, 5.74) is 4.93. The number of rotatable bonds is 3. The van der Waals surface area contributed by atoms with E-state index in [0.29, 0.717) is 16.7 Å². The summed E-state index contributed by atoms with van der Waals surface area (Å²) in [5, 5.41) is 0.844. The second kappa shape index (κ2) is 6.20. The topological polar surface area (TPSA) is 56.5 Å². The van der Waals surface area contributed by atoms with Crippen LogP contribution in [-0.4, -0.2) is 5.97 Å². The lowest BCUT2D eigenvalue weighted by molar-refractivity contribution is 0.0474. The van der Waals surface area contributed by atoms with Gasteiger partial charge in [0.25, 0.3) is 0 Å². The lowest BCUT2D eigenvalue weighted by atomic mass is 10.0. The van der Waals surface area contributed by atoms with E-state index in [9.17, 15) is 9.59 Å². The van der Waals surface area contributed by atoms with Crippen LogP contribution >= 0.6 is 0 Å². The predicted molar refractivity (Wildman–Crippen MR) is 94.8 cm³/mol. The third kappa shape index (κ3) is 3.07. The fourth-order valence-electron chi connectivity index (χ4n) is 3.33. The summed E-state index contributed by atoms with van der Waals surface area (Å²) in [6, 6.07) is 12.6. The lowest BCUT2D eigenvalue weighted by Crippen LogP contribution is -2.08. The summed E-state index contributed by atoms with van der Waals surface area (Å²) in [7, 11) is 0. The van der Waals surface area contributed by atoms with Crippen molar-refractivity contribution in [2.75, 3.05) is 0 Å². The second-order valence-corrected chi connectivity index (χ2v) is 6.50. The molecule has 0 saturated heterocycles. The van der Waals surface area contributed by atoms with Crippen LogP contribution in [0, 0.1) is 6.92 Å². The van der Waals surface area contributed by atoms with Gasteiger partial charge in [-0.15, -0.1) is 0 Å². The number of benzene rings is 2. The van der Waals surface area contributed by atoms with Gasteiger partial charge in [-0.25, -0.2) is 9.59 Å². The fraction of sp³-hybridized carbons (Fsp3) is 0.238. The first-order valence-electron chi connectivity index (χ1n) is 8.42. The summed E-state index contributed by atoms with van der Waals surface area (Å²) in [6.45, 7) is 2.01. The first-order valence-corrected chi connectivity index (χ1v) is 8.42. The van der Waals surface area contributed by atoms with Gasteiger partial charge in [0.15, 0.2) is 0 Å². The molecule has 4 rings (SSSR count). The third-order valence-corrected chi connectivity index (χ3v) is 4.69. The average molecular weight is 334 g/mol. The highest BCUT2D eigenvalue weighted by Gasteiger charge is 2.16. The Morgan fingerprint density at radius 3 is 2.56 bits per heavy atom. The van der Waals surface area contributed by atoms with E-state index in [-0.39, 0.29) is 6.61 Å². The summed E-state index contributed by atoms with van der Waals surface area (Å²) in [6.07, 6.45) is 3.17. The maximum Gasteiger partial charge on any atom is 0.338 e. The molecule has 0 amide bonds. The summed E-state index contributed by atoms with van der Waals surface area (Å²) >= 11 is 0. The summed E-state index contributed by atoms with van der Waals surface area (Å²) in [5.74, 6) is -0.400. The van der Waals surface area contributed by atoms with E-state index in [1.54, 1.807) is 12.1 Å². The highest BCUT2D eigenvalue weighted by atomic mass is 16.5. The molecule has 0 N–H and O–H groups in total. The van der Waals surface area contributed by atoms with Crippen molar-refractivity contribution in [3.63, 3.8) is 0 Å². The molecule has 0 bridgehead atoms. The van der Waals surface area contributed by atoms with Gasteiger partial charge in [-0.1, -0.05) is 17.7 Å². The lowest BCUT2D eigenvalue weighted by Gasteiger charge is -2.09. The van der Waals surface area contributed by atoms with Crippen LogP contribution in [0.1, 0.15) is 39.0 Å². The first kappa shape index (κ1) is 15.6. The van der Waals surface area contributed by atoms with Gasteiger partial charge in [0.2, 0.25) is 0 Å². The number of fused-ring (bicyclic) bond motifs is 2. The van der Waals surface area contributed by atoms with Crippen molar-refractivity contribution in [3.8, 4) is 0 Å². The van der Waals surface area contributed by atoms with Crippen LogP contribution in [0.4, 0.5) is 0 Å². The first-order chi connectivity index (χ1) is 12.1. The third-order valence-electron chi connectivity index (χ3n) is 4.69. The van der Waals surface area contributed by atoms with Gasteiger partial charge >= 0.3 is 11.6 Å². The Hall–Kier alpha value is -2.88. The number of hydrogen-bond donors (Lipinski definition) is 0. The molecule has 1 aromatic heterocycles. The Morgan fingerprint density at radius 1 is 1.08 bits per heavy atom. The molecular weight excluding hydrogens is 316 g/mol. The molecule has 1 heterocycles. The molecule has 0 unspecified atom stereocenters. The maximum absolute atomic E-state index is 12.2. The number of hydrogen-bond acceptors (Lipinski definition) is 4. The van der Waals surface area contributed by atoms with E-state index >= 15 is 0 Å². The van der Waals surface area contributed by atoms with Crippen molar-refractivity contribution < 1.29 is 13.9 Å². The van der Waals surface area contributed by atoms with Crippen LogP contribution in [0.2, 0.25) is 0 Å². The molecule has 0 saturated carbocycles. The van der Waals surface area contributed by atoms with Crippen LogP contribution in [0.15, 0.2) is 51.7 Å². The number of ether oxygens (including phenoxy) is 1. The van der Waals surface area contributed by atoms with E-state index in [0.717, 1.165) is 30.2 Å². The van der Waals surface area contributed by atoms with Gasteiger partial charge in [-0.05, 0) is 61.6 Å². The van der Waals surface area contributed by atoms with Crippen molar-refractivity contribution >= 4 is 16.9 Å². The molecule has 0 fully saturated rings. The Morgan fingerprint density at radius 2 is 1.80 bits per heavy atom. The van der Waals surface area contributed by atoms with E-state index in [2.05, 4.69) is 6.07 Å². The number of esters is 1. The van der Waals surface area contributed by atoms with Gasteiger partial charge in [0.05, 0.1) is 5.56 Å². The Balaban J connectivity index is 1.63. The predicted octanol–water partition coefficient (Wildman–Crippen LogP) is 3.95. The minimum atomic E-state index is -0.424. The smallest absolute Gasteiger partial charge is 0.338 e. The number of carbonyl (C=O) groups excluding carboxylic acids is 1. The molecule has 2 aromatic carbocycles. The zero-order chi connectivity index (χ0) is 17.4. The van der Waals surface area contributed by atoms with Crippen molar-refractivity contribution in [3.05, 3.63) is 80.7 Å². The molecule has 3 aromatic rings. The largest absolute Gasteiger partial charge is 0.457 e. The van der Waals surface area contributed by atoms with Gasteiger partial charge in [0.1, 0.15) is 12.2 Å². The minimum absolute atomic E-state index is 0.0492. The molecule has 1 aliphatic rings. The molecule has 1 aliphatic carbocycles. The standard InChI is InChI=1S/C21H18O4/c1-13-5-7-14(8-6-13)21(23)24-12-17-11-20(22)25-19-10-16-4-2-3-15(16)9-18(17)19/h5-11H,2-4,12H2,1H3. The molecule has 25 heavy (non-hydrogen) atoms. The molecule has 4 nitrogen and oxygen atoms in total. The van der Waals surface area contributed by atoms with Crippen LogP contribution in [0.25, 0.3) is 11.0 Å². The molecule has 0 aliphatic heterocycles. The van der Waals surface area contributed by atoms with E-state index in [1.165, 1.54) is 17.2 Å². The minimum Gasteiger partial charge on any atom is -0.457 e. The monoisotopic (exact) mass is 334 g/mol. The molecule has 0 radical (unpaired) electrons. The van der Waals surface area contributed by atoms with E-state index < -0.39 is 11.6 Å². The highest BCUT2D eigenvalue weighted by molar-refractivity contribution is 5.89. The van der Waals surface area contributed by atoms with Gasteiger partial charge in [-0.2, -0.15) is 0 Å². The van der Waals surface area contributed by atoms with E-state index in [4.69, 9.17) is 9.15 Å². The van der Waals surface area contributed by atoms with Crippen molar-refractivity contribution in [2.24, 2.45) is 0 Å². The molecular formula is C21H18O4. The second-order valence-electron chi connectivity index (χ2n) is 6.50. The number of aryl methyl sites for hydroxylation is 3. The van der Waals surface area contributed by atoms with Crippen molar-refractivity contribution in [1.82, 2.24) is 0 Å². The van der Waals surface area contributed by atoms with Gasteiger partial charge in [-0.3, -0.25) is 0 Å². The SMILES string of the molecule is Cc1ccc(C(=O)OCc2cc(=O)oc3cc4c(cc23)CCC4)cc1. The zero-order valence-electron chi connectivity index (χ0n) is 14.0. The summed E-state index contributed by atoms with van der Waals surface area (Å²) < 4.78 is 10.8. The van der Waals surface area contributed by atoms with Crippen LogP contribution in [-0.2, 0) is 24.2 Å². The average Bonchev–Trinajstić information content (AvgIpc) is 3.05. The van der Waals surface area contributed by atoms with Crippen LogP contribution in [0.3, 0.4) is 0 Å². The van der Waals surface area contributed by atoms with Gasteiger partial charge in [0, 0.05) is 17.0 Å². The van der Waals surface area contributed by atoms with Crippen molar-refractivity contribution in [1.29, 1.82) is 0 Å². The summed E-state index contributed by atoms with van der Waals surface area (Å²) in [4.78, 5) is 24.1. The normalized spacial score (nSPS) is 13.0. The Bertz CT molecular complexity index is 1010. The molecule has 0 spiro atoms. The Kier molecular flexibility index (Phi) is 3.88. The quantitative estimate of drug-likeness (QED) is 0.538. The van der Waals surface area contributed by atoms with Crippen molar-refractivity contribution in [2.45, 2.75) is 32.8 Å².